The predicted molar refractivity (Wildman–Crippen MR) is 95.7 cm³/mol. The van der Waals surface area contributed by atoms with E-state index < -0.39 is 0 Å². The molecule has 3 aromatic rings. The van der Waals surface area contributed by atoms with E-state index in [-0.39, 0.29) is 5.56 Å². The van der Waals surface area contributed by atoms with Crippen molar-refractivity contribution in [3.8, 4) is 0 Å². The summed E-state index contributed by atoms with van der Waals surface area (Å²) in [5.74, 6) is 0. The molecule has 0 unspecified atom stereocenters. The third-order valence-corrected chi connectivity index (χ3v) is 5.33. The number of aromatic nitrogens is 2. The highest BCUT2D eigenvalue weighted by atomic mass is 35.5. The normalized spacial score (nSPS) is 11.5. The second-order valence-corrected chi connectivity index (χ2v) is 7.09. The van der Waals surface area contributed by atoms with Gasteiger partial charge in [0.2, 0.25) is 0 Å². The summed E-state index contributed by atoms with van der Waals surface area (Å²) in [5.41, 5.74) is 2.56. The molecule has 0 fully saturated rings. The van der Waals surface area contributed by atoms with E-state index in [1.165, 1.54) is 11.3 Å². The van der Waals surface area contributed by atoms with E-state index in [4.69, 9.17) is 23.2 Å². The molecule has 0 radical (unpaired) electrons. The maximum Gasteiger partial charge on any atom is 0.259 e. The Morgan fingerprint density at radius 1 is 1.30 bits per heavy atom. The van der Waals surface area contributed by atoms with Gasteiger partial charge in [-0.1, -0.05) is 35.3 Å². The summed E-state index contributed by atoms with van der Waals surface area (Å²) in [4.78, 5) is 19.5. The minimum absolute atomic E-state index is 0.0436. The van der Waals surface area contributed by atoms with Crippen LogP contribution in [0, 0.1) is 6.92 Å². The second-order valence-electron chi connectivity index (χ2n) is 5.47. The largest absolute Gasteiger partial charge is 0.296 e. The van der Waals surface area contributed by atoms with Crippen molar-refractivity contribution >= 4 is 39.5 Å². The van der Waals surface area contributed by atoms with Crippen LogP contribution in [0.15, 0.2) is 34.4 Å². The van der Waals surface area contributed by atoms with Crippen molar-refractivity contribution in [3.63, 3.8) is 0 Å². The van der Waals surface area contributed by atoms with E-state index in [2.05, 4.69) is 9.88 Å². The van der Waals surface area contributed by atoms with E-state index in [0.29, 0.717) is 23.1 Å². The van der Waals surface area contributed by atoms with Crippen LogP contribution in [0.25, 0.3) is 4.96 Å². The average Bonchev–Trinajstić information content (AvgIpc) is 2.85. The molecule has 0 atom stereocenters. The topological polar surface area (TPSA) is 37.6 Å². The summed E-state index contributed by atoms with van der Waals surface area (Å²) < 4.78 is 1.63. The highest BCUT2D eigenvalue weighted by Gasteiger charge is 2.11. The van der Waals surface area contributed by atoms with Gasteiger partial charge in [-0.2, -0.15) is 0 Å². The molecule has 2 heterocycles. The second kappa shape index (κ2) is 6.61. The van der Waals surface area contributed by atoms with Crippen LogP contribution >= 0.6 is 34.5 Å². The lowest BCUT2D eigenvalue weighted by molar-refractivity contribution is 0.315. The van der Waals surface area contributed by atoms with Crippen molar-refractivity contribution in [2.75, 3.05) is 7.05 Å². The van der Waals surface area contributed by atoms with Crippen molar-refractivity contribution in [3.05, 3.63) is 67.0 Å². The molecule has 120 valence electrons. The van der Waals surface area contributed by atoms with Crippen molar-refractivity contribution in [1.82, 2.24) is 14.3 Å². The molecule has 0 saturated carbocycles. The SMILES string of the molecule is Cc1csc2nc(CN(C)Cc3cccc(Cl)c3Cl)cc(=O)n12. The molecule has 3 rings (SSSR count). The van der Waals surface area contributed by atoms with Crippen molar-refractivity contribution in [2.45, 2.75) is 20.0 Å². The fraction of sp³-hybridized carbons (Fsp3) is 0.250. The highest BCUT2D eigenvalue weighted by molar-refractivity contribution is 7.15. The summed E-state index contributed by atoms with van der Waals surface area (Å²) in [6.07, 6.45) is 0. The molecule has 4 nitrogen and oxygen atoms in total. The van der Waals surface area contributed by atoms with Gasteiger partial charge in [-0.05, 0) is 25.6 Å². The quantitative estimate of drug-likeness (QED) is 0.699. The van der Waals surface area contributed by atoms with Gasteiger partial charge in [0.15, 0.2) is 4.96 Å². The fourth-order valence-electron chi connectivity index (χ4n) is 2.48. The lowest BCUT2D eigenvalue weighted by Gasteiger charge is -2.17. The van der Waals surface area contributed by atoms with E-state index in [9.17, 15) is 4.79 Å². The van der Waals surface area contributed by atoms with Crippen LogP contribution in [0.2, 0.25) is 10.0 Å². The molecule has 23 heavy (non-hydrogen) atoms. The molecule has 0 saturated heterocycles. The zero-order valence-corrected chi connectivity index (χ0v) is 15.0. The molecular weight excluding hydrogens is 353 g/mol. The zero-order chi connectivity index (χ0) is 16.6. The Labute approximate surface area is 147 Å². The lowest BCUT2D eigenvalue weighted by atomic mass is 10.2. The molecule has 0 amide bonds. The number of halogens is 2. The molecule has 0 spiro atoms. The Bertz CT molecular complexity index is 919. The number of fused-ring (bicyclic) bond motifs is 1. The number of nitrogens with zero attached hydrogens (tertiary/aromatic N) is 3. The monoisotopic (exact) mass is 367 g/mol. The van der Waals surface area contributed by atoms with Crippen molar-refractivity contribution in [1.29, 1.82) is 0 Å². The lowest BCUT2D eigenvalue weighted by Crippen LogP contribution is -2.21. The van der Waals surface area contributed by atoms with Gasteiger partial charge in [0, 0.05) is 30.2 Å². The standard InChI is InChI=1S/C16H15Cl2N3OS/c1-10-9-23-16-19-12(6-14(22)21(10)16)8-20(2)7-11-4-3-5-13(17)15(11)18/h3-6,9H,7-8H2,1-2H3. The van der Waals surface area contributed by atoms with Gasteiger partial charge < -0.3 is 0 Å². The van der Waals surface area contributed by atoms with Gasteiger partial charge in [0.25, 0.3) is 5.56 Å². The summed E-state index contributed by atoms with van der Waals surface area (Å²) in [6, 6.07) is 7.17. The summed E-state index contributed by atoms with van der Waals surface area (Å²) in [5, 5.41) is 3.05. The van der Waals surface area contributed by atoms with E-state index in [1.54, 1.807) is 16.5 Å². The fourth-order valence-corrected chi connectivity index (χ4v) is 3.75. The Hall–Kier alpha value is -1.40. The maximum atomic E-state index is 12.2. The van der Waals surface area contributed by atoms with Crippen molar-refractivity contribution in [2.24, 2.45) is 0 Å². The number of benzene rings is 1. The molecule has 0 bridgehead atoms. The predicted octanol–water partition coefficient (Wildman–Crippen LogP) is 4.00. The molecular formula is C16H15Cl2N3OS. The van der Waals surface area contributed by atoms with Crippen LogP contribution in [-0.4, -0.2) is 21.3 Å². The van der Waals surface area contributed by atoms with Crippen LogP contribution in [0.4, 0.5) is 0 Å². The zero-order valence-electron chi connectivity index (χ0n) is 12.7. The Morgan fingerprint density at radius 2 is 2.09 bits per heavy atom. The van der Waals surface area contributed by atoms with Gasteiger partial charge in [0.1, 0.15) is 0 Å². The van der Waals surface area contributed by atoms with Crippen LogP contribution in [0.5, 0.6) is 0 Å². The minimum atomic E-state index is -0.0436. The van der Waals surface area contributed by atoms with Crippen molar-refractivity contribution < 1.29 is 0 Å². The first-order chi connectivity index (χ1) is 11.0. The number of hydrogen-bond acceptors (Lipinski definition) is 4. The highest BCUT2D eigenvalue weighted by Crippen LogP contribution is 2.26. The van der Waals surface area contributed by atoms with Gasteiger partial charge in [0.05, 0.1) is 15.7 Å². The van der Waals surface area contributed by atoms with Gasteiger partial charge in [-0.3, -0.25) is 14.1 Å². The number of rotatable bonds is 4. The Kier molecular flexibility index (Phi) is 4.73. The van der Waals surface area contributed by atoms with E-state index >= 15 is 0 Å². The molecule has 0 aliphatic rings. The molecule has 2 aromatic heterocycles. The number of aryl methyl sites for hydroxylation is 1. The van der Waals surface area contributed by atoms with Gasteiger partial charge in [-0.15, -0.1) is 11.3 Å². The first-order valence-corrected chi connectivity index (χ1v) is 8.67. The molecule has 0 N–H and O–H groups in total. The van der Waals surface area contributed by atoms with Crippen LogP contribution in [0.1, 0.15) is 17.0 Å². The van der Waals surface area contributed by atoms with Crippen LogP contribution in [0.3, 0.4) is 0 Å². The maximum absolute atomic E-state index is 12.2. The van der Waals surface area contributed by atoms with E-state index in [0.717, 1.165) is 21.9 Å². The Morgan fingerprint density at radius 3 is 2.87 bits per heavy atom. The number of thiazole rings is 1. The third kappa shape index (κ3) is 3.43. The number of hydrogen-bond donors (Lipinski definition) is 0. The molecule has 0 aliphatic heterocycles. The smallest absolute Gasteiger partial charge is 0.259 e. The first kappa shape index (κ1) is 16.5. The molecule has 1 aromatic carbocycles. The van der Waals surface area contributed by atoms with Gasteiger partial charge in [-0.25, -0.2) is 4.98 Å². The van der Waals surface area contributed by atoms with E-state index in [1.807, 2.05) is 31.5 Å². The van der Waals surface area contributed by atoms with Crippen LogP contribution < -0.4 is 5.56 Å². The average molecular weight is 368 g/mol. The Balaban J connectivity index is 1.81. The summed E-state index contributed by atoms with van der Waals surface area (Å²) in [6.45, 7) is 3.09. The molecule has 0 aliphatic carbocycles. The van der Waals surface area contributed by atoms with Crippen LogP contribution in [-0.2, 0) is 13.1 Å². The third-order valence-electron chi connectivity index (χ3n) is 3.53. The molecule has 7 heteroatoms. The summed E-state index contributed by atoms with van der Waals surface area (Å²) in [7, 11) is 1.96. The minimum Gasteiger partial charge on any atom is -0.296 e. The summed E-state index contributed by atoms with van der Waals surface area (Å²) >= 11 is 13.7. The van der Waals surface area contributed by atoms with Gasteiger partial charge >= 0.3 is 0 Å². The first-order valence-electron chi connectivity index (χ1n) is 7.04.